The third-order valence-corrected chi connectivity index (χ3v) is 3.93. The fourth-order valence-electron chi connectivity index (χ4n) is 2.98. The van der Waals surface area contributed by atoms with Crippen molar-refractivity contribution in [2.75, 3.05) is 13.1 Å². The fourth-order valence-corrected chi connectivity index (χ4v) is 2.98. The standard InChI is InChI=1S/C18H27N3/c1-5-6-9-16(4)13-21-14-17(12-19-21)18(15(2)3)20-10-7-8-11-20/h5-6,9,12,14,18H,2,7-8,10-11,13H2,1,3-4H3/b6-5-,16-9+. The van der Waals surface area contributed by atoms with Gasteiger partial charge in [-0.25, -0.2) is 0 Å². The Kier molecular flexibility index (Phi) is 5.57. The van der Waals surface area contributed by atoms with Crippen LogP contribution < -0.4 is 0 Å². The molecule has 3 heteroatoms. The van der Waals surface area contributed by atoms with Crippen LogP contribution in [-0.2, 0) is 6.54 Å². The minimum absolute atomic E-state index is 0.320. The Bertz CT molecular complexity index is 530. The van der Waals surface area contributed by atoms with Crippen LogP contribution in [0.25, 0.3) is 0 Å². The van der Waals surface area contributed by atoms with E-state index in [2.05, 4.69) is 48.8 Å². The second-order valence-corrected chi connectivity index (χ2v) is 6.00. The first-order valence-corrected chi connectivity index (χ1v) is 7.82. The Hall–Kier alpha value is -1.61. The van der Waals surface area contributed by atoms with Crippen molar-refractivity contribution in [3.8, 4) is 0 Å². The second kappa shape index (κ2) is 7.41. The predicted molar refractivity (Wildman–Crippen MR) is 89.2 cm³/mol. The predicted octanol–water partition coefficient (Wildman–Crippen LogP) is 4.12. The van der Waals surface area contributed by atoms with Crippen LogP contribution in [0.5, 0.6) is 0 Å². The maximum atomic E-state index is 4.52. The zero-order valence-corrected chi connectivity index (χ0v) is 13.5. The van der Waals surface area contributed by atoms with E-state index in [9.17, 15) is 0 Å². The van der Waals surface area contributed by atoms with Gasteiger partial charge in [-0.05, 0) is 46.7 Å². The Morgan fingerprint density at radius 2 is 2.10 bits per heavy atom. The smallest absolute Gasteiger partial charge is 0.0619 e. The first-order chi connectivity index (χ1) is 10.1. The molecular formula is C18H27N3. The molecular weight excluding hydrogens is 258 g/mol. The lowest BCUT2D eigenvalue weighted by Crippen LogP contribution is -2.26. The molecule has 0 amide bonds. The molecule has 2 rings (SSSR count). The maximum absolute atomic E-state index is 4.52. The van der Waals surface area contributed by atoms with Gasteiger partial charge < -0.3 is 0 Å². The fraction of sp³-hybridized carbons (Fsp3) is 0.500. The number of allylic oxidation sites excluding steroid dienone is 4. The molecule has 0 aromatic carbocycles. The molecule has 3 nitrogen and oxygen atoms in total. The summed E-state index contributed by atoms with van der Waals surface area (Å²) in [7, 11) is 0. The quantitative estimate of drug-likeness (QED) is 0.579. The van der Waals surface area contributed by atoms with Crippen molar-refractivity contribution in [1.29, 1.82) is 0 Å². The van der Waals surface area contributed by atoms with E-state index in [0.29, 0.717) is 6.04 Å². The molecule has 114 valence electrons. The summed E-state index contributed by atoms with van der Waals surface area (Å²) in [6, 6.07) is 0.320. The van der Waals surface area contributed by atoms with Crippen molar-refractivity contribution in [1.82, 2.24) is 14.7 Å². The molecule has 0 spiro atoms. The highest BCUT2D eigenvalue weighted by Gasteiger charge is 2.25. The van der Waals surface area contributed by atoms with Crippen LogP contribution in [0.15, 0.2) is 48.3 Å². The van der Waals surface area contributed by atoms with Crippen LogP contribution in [0.2, 0.25) is 0 Å². The molecule has 1 aliphatic heterocycles. The van der Waals surface area contributed by atoms with E-state index in [1.807, 2.05) is 23.9 Å². The van der Waals surface area contributed by atoms with Gasteiger partial charge in [0.1, 0.15) is 0 Å². The van der Waals surface area contributed by atoms with E-state index >= 15 is 0 Å². The van der Waals surface area contributed by atoms with E-state index in [1.54, 1.807) is 0 Å². The summed E-state index contributed by atoms with van der Waals surface area (Å²) in [4.78, 5) is 2.52. The molecule has 0 radical (unpaired) electrons. The van der Waals surface area contributed by atoms with Crippen LogP contribution in [0, 0.1) is 0 Å². The van der Waals surface area contributed by atoms with E-state index < -0.39 is 0 Å². The highest BCUT2D eigenvalue weighted by Crippen LogP contribution is 2.30. The Morgan fingerprint density at radius 3 is 2.71 bits per heavy atom. The largest absolute Gasteiger partial charge is 0.293 e. The van der Waals surface area contributed by atoms with Crippen molar-refractivity contribution >= 4 is 0 Å². The van der Waals surface area contributed by atoms with Gasteiger partial charge in [-0.15, -0.1) is 0 Å². The number of hydrogen-bond donors (Lipinski definition) is 0. The molecule has 0 saturated carbocycles. The summed E-state index contributed by atoms with van der Waals surface area (Å²) in [6.45, 7) is 13.7. The molecule has 1 aromatic rings. The number of aromatic nitrogens is 2. The van der Waals surface area contributed by atoms with Gasteiger partial charge in [0, 0.05) is 11.8 Å². The Labute approximate surface area is 128 Å². The van der Waals surface area contributed by atoms with Crippen LogP contribution in [0.4, 0.5) is 0 Å². The summed E-state index contributed by atoms with van der Waals surface area (Å²) >= 11 is 0. The van der Waals surface area contributed by atoms with Crippen molar-refractivity contribution in [3.05, 3.63) is 53.9 Å². The zero-order valence-electron chi connectivity index (χ0n) is 13.5. The summed E-state index contributed by atoms with van der Waals surface area (Å²) in [5, 5.41) is 4.52. The first kappa shape index (κ1) is 15.8. The van der Waals surface area contributed by atoms with Crippen LogP contribution in [-0.4, -0.2) is 27.8 Å². The number of hydrogen-bond acceptors (Lipinski definition) is 2. The van der Waals surface area contributed by atoms with Gasteiger partial charge in [0.2, 0.25) is 0 Å². The second-order valence-electron chi connectivity index (χ2n) is 6.00. The van der Waals surface area contributed by atoms with Gasteiger partial charge >= 0.3 is 0 Å². The molecule has 21 heavy (non-hydrogen) atoms. The van der Waals surface area contributed by atoms with E-state index in [4.69, 9.17) is 0 Å². The molecule has 1 fully saturated rings. The molecule has 0 bridgehead atoms. The van der Waals surface area contributed by atoms with Crippen molar-refractivity contribution < 1.29 is 0 Å². The van der Waals surface area contributed by atoms with Gasteiger partial charge in [0.05, 0.1) is 18.8 Å². The number of nitrogens with zero attached hydrogens (tertiary/aromatic N) is 3. The first-order valence-electron chi connectivity index (χ1n) is 7.82. The van der Waals surface area contributed by atoms with Crippen molar-refractivity contribution in [2.24, 2.45) is 0 Å². The molecule has 1 aromatic heterocycles. The summed E-state index contributed by atoms with van der Waals surface area (Å²) in [5.41, 5.74) is 3.77. The Balaban J connectivity index is 2.11. The van der Waals surface area contributed by atoms with Gasteiger partial charge in [-0.2, -0.15) is 5.10 Å². The molecule has 2 heterocycles. The molecule has 1 atom stereocenters. The van der Waals surface area contributed by atoms with Crippen molar-refractivity contribution in [3.63, 3.8) is 0 Å². The molecule has 1 aliphatic rings. The summed E-state index contributed by atoms with van der Waals surface area (Å²) in [5.74, 6) is 0. The van der Waals surface area contributed by atoms with E-state index in [0.717, 1.165) is 6.54 Å². The minimum atomic E-state index is 0.320. The number of likely N-dealkylation sites (tertiary alicyclic amines) is 1. The lowest BCUT2D eigenvalue weighted by molar-refractivity contribution is 0.277. The molecule has 0 aliphatic carbocycles. The van der Waals surface area contributed by atoms with E-state index in [-0.39, 0.29) is 0 Å². The monoisotopic (exact) mass is 285 g/mol. The lowest BCUT2D eigenvalue weighted by Gasteiger charge is -2.26. The third kappa shape index (κ3) is 4.18. The highest BCUT2D eigenvalue weighted by atomic mass is 15.3. The molecule has 0 N–H and O–H groups in total. The SMILES string of the molecule is C=C(C)C(c1cnn(C/C(C)=C/C=C\C)c1)N1CCCC1. The lowest BCUT2D eigenvalue weighted by atomic mass is 10.0. The topological polar surface area (TPSA) is 21.1 Å². The van der Waals surface area contributed by atoms with Gasteiger partial charge in [-0.3, -0.25) is 9.58 Å². The van der Waals surface area contributed by atoms with Crippen LogP contribution in [0.3, 0.4) is 0 Å². The Morgan fingerprint density at radius 1 is 1.38 bits per heavy atom. The van der Waals surface area contributed by atoms with Gasteiger partial charge in [-0.1, -0.05) is 36.0 Å². The van der Waals surface area contributed by atoms with Crippen LogP contribution >= 0.6 is 0 Å². The molecule has 1 unspecified atom stereocenters. The van der Waals surface area contributed by atoms with Crippen LogP contribution in [0.1, 0.15) is 45.2 Å². The summed E-state index contributed by atoms with van der Waals surface area (Å²) in [6.07, 6.45) is 13.0. The minimum Gasteiger partial charge on any atom is -0.293 e. The van der Waals surface area contributed by atoms with Gasteiger partial charge in [0.15, 0.2) is 0 Å². The van der Waals surface area contributed by atoms with Gasteiger partial charge in [0.25, 0.3) is 0 Å². The molecule has 1 saturated heterocycles. The third-order valence-electron chi connectivity index (χ3n) is 3.93. The average Bonchev–Trinajstić information content (AvgIpc) is 3.09. The maximum Gasteiger partial charge on any atom is 0.0619 e. The van der Waals surface area contributed by atoms with Crippen molar-refractivity contribution in [2.45, 2.75) is 46.2 Å². The average molecular weight is 285 g/mol. The van der Waals surface area contributed by atoms with E-state index in [1.165, 1.54) is 42.6 Å². The summed E-state index contributed by atoms with van der Waals surface area (Å²) < 4.78 is 2.02. The normalized spacial score (nSPS) is 18.5. The number of rotatable bonds is 6. The highest BCUT2D eigenvalue weighted by molar-refractivity contribution is 5.22. The zero-order chi connectivity index (χ0) is 15.2.